The van der Waals surface area contributed by atoms with Gasteiger partial charge in [0, 0.05) is 5.56 Å². The van der Waals surface area contributed by atoms with Gasteiger partial charge in [-0.1, -0.05) is 44.9 Å². The van der Waals surface area contributed by atoms with Crippen LogP contribution in [0.15, 0.2) is 12.1 Å². The molecule has 0 N–H and O–H groups in total. The van der Waals surface area contributed by atoms with Crippen molar-refractivity contribution < 1.29 is 18.9 Å². The second kappa shape index (κ2) is 9.41. The Morgan fingerprint density at radius 3 is 2.12 bits per heavy atom. The molecule has 144 valence electrons. The number of ketones is 1. The molecule has 0 saturated carbocycles. The van der Waals surface area contributed by atoms with Gasteiger partial charge in [-0.2, -0.15) is 0 Å². The van der Waals surface area contributed by atoms with E-state index in [1.807, 2.05) is 53.7 Å². The quantitative estimate of drug-likeness (QED) is 0.248. The molecule has 4 nitrogen and oxygen atoms in total. The molecule has 0 aliphatic rings. The Balaban J connectivity index is 3.34. The molecule has 0 bridgehead atoms. The van der Waals surface area contributed by atoms with E-state index in [1.165, 1.54) is 0 Å². The summed E-state index contributed by atoms with van der Waals surface area (Å²) < 4.78 is 17.4. The molecule has 0 spiro atoms. The van der Waals surface area contributed by atoms with Gasteiger partial charge < -0.3 is 4.74 Å². The maximum atomic E-state index is 13.4. The van der Waals surface area contributed by atoms with Crippen molar-refractivity contribution in [1.82, 2.24) is 0 Å². The Hall–Kier alpha value is -1.54. The van der Waals surface area contributed by atoms with E-state index < -0.39 is 25.5 Å². The Labute approximate surface area is 158 Å². The van der Waals surface area contributed by atoms with Crippen LogP contribution in [0.25, 0.3) is 0 Å². The topological polar surface area (TPSA) is 60.4 Å². The van der Waals surface area contributed by atoms with Gasteiger partial charge in [0.05, 0.1) is 12.5 Å². The predicted octanol–water partition coefficient (Wildman–Crippen LogP) is 5.46. The zero-order chi connectivity index (χ0) is 20.1. The van der Waals surface area contributed by atoms with Crippen LogP contribution >= 0.6 is 8.46 Å². The molecule has 0 aliphatic heterocycles. The summed E-state index contributed by atoms with van der Waals surface area (Å²) in [5, 5.41) is -1.40. The minimum Gasteiger partial charge on any atom is -0.465 e. The van der Waals surface area contributed by atoms with Gasteiger partial charge in [0.2, 0.25) is 0 Å². The van der Waals surface area contributed by atoms with Gasteiger partial charge in [-0.05, 0) is 51.2 Å². The van der Waals surface area contributed by atoms with Crippen LogP contribution in [0, 0.1) is 32.6 Å². The highest BCUT2D eigenvalue weighted by Gasteiger charge is 2.49. The maximum absolute atomic E-state index is 13.4. The molecule has 0 heterocycles. The summed E-state index contributed by atoms with van der Waals surface area (Å²) in [4.78, 5) is 26.1. The molecule has 0 aliphatic carbocycles. The lowest BCUT2D eigenvalue weighted by molar-refractivity contribution is -0.148. The average Bonchev–Trinajstić information content (AvgIpc) is 2.53. The summed E-state index contributed by atoms with van der Waals surface area (Å²) in [5.41, 5.74) is 3.46. The van der Waals surface area contributed by atoms with Crippen molar-refractivity contribution >= 4 is 20.2 Å². The van der Waals surface area contributed by atoms with E-state index in [1.54, 1.807) is 6.92 Å². The van der Waals surface area contributed by atoms with Crippen LogP contribution in [0.5, 0.6) is 0 Å². The third kappa shape index (κ3) is 4.79. The van der Waals surface area contributed by atoms with Gasteiger partial charge in [-0.3, -0.25) is 14.2 Å². The molecule has 1 aromatic carbocycles. The normalized spacial score (nSPS) is 14.9. The third-order valence-electron chi connectivity index (χ3n) is 4.81. The predicted molar refractivity (Wildman–Crippen MR) is 105 cm³/mol. The van der Waals surface area contributed by atoms with Gasteiger partial charge in [0.25, 0.3) is 0 Å². The van der Waals surface area contributed by atoms with E-state index in [-0.39, 0.29) is 18.3 Å². The highest BCUT2D eigenvalue weighted by molar-refractivity contribution is 7.27. The van der Waals surface area contributed by atoms with Crippen molar-refractivity contribution in [2.24, 2.45) is 11.8 Å². The van der Waals surface area contributed by atoms with Crippen LogP contribution in [0.1, 0.15) is 67.6 Å². The summed E-state index contributed by atoms with van der Waals surface area (Å²) in [6, 6.07) is 3.92. The summed E-state index contributed by atoms with van der Waals surface area (Å²) >= 11 is 0. The minimum atomic E-state index is -1.40. The maximum Gasteiger partial charge on any atom is 0.324 e. The molecule has 1 aromatic rings. The molecule has 26 heavy (non-hydrogen) atoms. The second-order valence-electron chi connectivity index (χ2n) is 7.59. The van der Waals surface area contributed by atoms with E-state index in [4.69, 9.17) is 4.74 Å². The van der Waals surface area contributed by atoms with Crippen molar-refractivity contribution in [3.05, 3.63) is 34.4 Å². The molecular formula is C21H31O4P. The second-order valence-corrected chi connectivity index (χ2v) is 8.70. The number of unbranched alkanes of at least 4 members (excludes halogenated alkanes) is 1. The first-order valence-corrected chi connectivity index (χ1v) is 10.0. The average molecular weight is 378 g/mol. The van der Waals surface area contributed by atoms with Gasteiger partial charge in [0.15, 0.2) is 19.4 Å². The summed E-state index contributed by atoms with van der Waals surface area (Å²) in [6.45, 7) is 13.4. The molecule has 2 unspecified atom stereocenters. The first-order valence-electron chi connectivity index (χ1n) is 9.23. The lowest BCUT2D eigenvalue weighted by atomic mass is 9.76. The van der Waals surface area contributed by atoms with E-state index in [0.29, 0.717) is 5.56 Å². The Morgan fingerprint density at radius 2 is 1.69 bits per heavy atom. The Bertz CT molecular complexity index is 658. The summed E-state index contributed by atoms with van der Waals surface area (Å²) in [7, 11) is -0.391. The molecule has 0 aromatic heterocycles. The number of benzene rings is 1. The number of hydrogen-bond donors (Lipinski definition) is 0. The van der Waals surface area contributed by atoms with Crippen molar-refractivity contribution in [2.75, 3.05) is 6.61 Å². The van der Waals surface area contributed by atoms with E-state index in [2.05, 4.69) is 0 Å². The van der Waals surface area contributed by atoms with E-state index >= 15 is 0 Å². The van der Waals surface area contributed by atoms with Crippen LogP contribution in [-0.2, 0) is 14.1 Å². The van der Waals surface area contributed by atoms with Crippen molar-refractivity contribution in [3.8, 4) is 0 Å². The zero-order valence-corrected chi connectivity index (χ0v) is 17.9. The molecule has 0 radical (unpaired) electrons. The van der Waals surface area contributed by atoms with Crippen molar-refractivity contribution in [2.45, 2.75) is 66.5 Å². The minimum absolute atomic E-state index is 0.145. The molecule has 0 fully saturated rings. The molecule has 5 heteroatoms. The van der Waals surface area contributed by atoms with Crippen LogP contribution < -0.4 is 0 Å². The van der Waals surface area contributed by atoms with Crippen LogP contribution in [-0.4, -0.2) is 23.5 Å². The first kappa shape index (κ1) is 22.5. The lowest BCUT2D eigenvalue weighted by Gasteiger charge is -2.32. The SMILES string of the molecule is CCCCOC(=O)C(C)(P=O)C(C(=O)c1c(C)cc(C)cc1C)C(C)C. The Kier molecular flexibility index (Phi) is 8.15. The monoisotopic (exact) mass is 378 g/mol. The summed E-state index contributed by atoms with van der Waals surface area (Å²) in [5.74, 6) is -1.60. The fourth-order valence-electron chi connectivity index (χ4n) is 3.61. The van der Waals surface area contributed by atoms with Gasteiger partial charge in [-0.25, -0.2) is 0 Å². The number of Topliss-reactive ketones (excluding diaryl/α,β-unsaturated/α-hetero) is 1. The van der Waals surface area contributed by atoms with Crippen LogP contribution in [0.2, 0.25) is 0 Å². The van der Waals surface area contributed by atoms with Gasteiger partial charge in [0.1, 0.15) is 0 Å². The third-order valence-corrected chi connectivity index (χ3v) is 5.65. The molecule has 1 rings (SSSR count). The number of carbonyl (C=O) groups excluding carboxylic acids is 2. The summed E-state index contributed by atoms with van der Waals surface area (Å²) in [6.07, 6.45) is 1.64. The highest BCUT2D eigenvalue weighted by Crippen LogP contribution is 2.40. The number of aryl methyl sites for hydroxylation is 3. The highest BCUT2D eigenvalue weighted by atomic mass is 31.1. The molecule has 0 amide bonds. The fourth-order valence-corrected chi connectivity index (χ4v) is 4.28. The van der Waals surface area contributed by atoms with Crippen molar-refractivity contribution in [3.63, 3.8) is 0 Å². The largest absolute Gasteiger partial charge is 0.465 e. The fraction of sp³-hybridized carbons (Fsp3) is 0.619. The number of hydrogen-bond acceptors (Lipinski definition) is 4. The van der Waals surface area contributed by atoms with Crippen LogP contribution in [0.4, 0.5) is 0 Å². The molecular weight excluding hydrogens is 347 g/mol. The lowest BCUT2D eigenvalue weighted by Crippen LogP contribution is -2.46. The van der Waals surface area contributed by atoms with Gasteiger partial charge in [-0.15, -0.1) is 0 Å². The van der Waals surface area contributed by atoms with Crippen LogP contribution in [0.3, 0.4) is 0 Å². The molecule has 2 atom stereocenters. The number of carbonyl (C=O) groups is 2. The zero-order valence-electron chi connectivity index (χ0n) is 17.0. The Morgan fingerprint density at radius 1 is 1.15 bits per heavy atom. The smallest absolute Gasteiger partial charge is 0.324 e. The number of rotatable bonds is 9. The number of ether oxygens (including phenoxy) is 1. The molecule has 0 saturated heterocycles. The first-order chi connectivity index (χ1) is 12.1. The number of esters is 1. The van der Waals surface area contributed by atoms with Gasteiger partial charge >= 0.3 is 5.97 Å². The van der Waals surface area contributed by atoms with E-state index in [0.717, 1.165) is 29.5 Å². The van der Waals surface area contributed by atoms with Crippen molar-refractivity contribution in [1.29, 1.82) is 0 Å². The van der Waals surface area contributed by atoms with E-state index in [9.17, 15) is 14.2 Å². The standard InChI is InChI=1S/C21H31O4P/c1-8-9-10-25-20(23)21(7,26-24)18(13(2)3)19(22)17-15(5)11-14(4)12-16(17)6/h11-13,18H,8-10H2,1-7H3.